The summed E-state index contributed by atoms with van der Waals surface area (Å²) in [5.41, 5.74) is 3.81. The van der Waals surface area contributed by atoms with E-state index in [-0.39, 0.29) is 6.01 Å². The fourth-order valence-corrected chi connectivity index (χ4v) is 3.36. The zero-order valence-electron chi connectivity index (χ0n) is 16.2. The number of methoxy groups -OCH3 is 1. The highest BCUT2D eigenvalue weighted by Gasteiger charge is 2.16. The molecular weight excluding hydrogens is 385 g/mol. The molecule has 8 heteroatoms. The Hall–Kier alpha value is -4.07. The molecule has 3 aromatic heterocycles. The van der Waals surface area contributed by atoms with Crippen molar-refractivity contribution in [1.29, 1.82) is 0 Å². The number of ether oxygens (including phenoxy) is 2. The van der Waals surface area contributed by atoms with Crippen molar-refractivity contribution < 1.29 is 13.9 Å². The summed E-state index contributed by atoms with van der Waals surface area (Å²) in [7, 11) is 1.53. The molecule has 0 fully saturated rings. The monoisotopic (exact) mass is 401 g/mol. The summed E-state index contributed by atoms with van der Waals surface area (Å²) in [4.78, 5) is 20.0. The van der Waals surface area contributed by atoms with Gasteiger partial charge in [-0.15, -0.1) is 0 Å². The van der Waals surface area contributed by atoms with E-state index >= 15 is 0 Å². The van der Waals surface area contributed by atoms with Crippen LogP contribution in [0.4, 0.5) is 4.39 Å². The van der Waals surface area contributed by atoms with Gasteiger partial charge in [0, 0.05) is 40.5 Å². The van der Waals surface area contributed by atoms with Gasteiger partial charge < -0.3 is 14.5 Å². The summed E-state index contributed by atoms with van der Waals surface area (Å²) >= 11 is 0. The average molecular weight is 401 g/mol. The molecule has 30 heavy (non-hydrogen) atoms. The van der Waals surface area contributed by atoms with Gasteiger partial charge in [0.1, 0.15) is 17.3 Å². The number of fused-ring (bicyclic) bond motifs is 3. The van der Waals surface area contributed by atoms with Gasteiger partial charge in [-0.3, -0.25) is 4.98 Å². The molecule has 0 radical (unpaired) electrons. The minimum atomic E-state index is -0.404. The van der Waals surface area contributed by atoms with Crippen LogP contribution in [0.5, 0.6) is 17.5 Å². The highest BCUT2D eigenvalue weighted by Crippen LogP contribution is 2.37. The van der Waals surface area contributed by atoms with E-state index in [0.29, 0.717) is 28.1 Å². The van der Waals surface area contributed by atoms with Gasteiger partial charge >= 0.3 is 6.01 Å². The normalized spacial score (nSPS) is 11.2. The molecule has 0 saturated heterocycles. The maximum atomic E-state index is 15.0. The first-order valence-corrected chi connectivity index (χ1v) is 9.19. The average Bonchev–Trinajstić information content (AvgIpc) is 3.22. The molecule has 0 atom stereocenters. The van der Waals surface area contributed by atoms with E-state index in [0.717, 1.165) is 22.1 Å². The molecule has 5 aromatic rings. The Kier molecular flexibility index (Phi) is 4.24. The summed E-state index contributed by atoms with van der Waals surface area (Å²) in [6, 6.07) is 10.3. The highest BCUT2D eigenvalue weighted by molar-refractivity contribution is 6.03. The van der Waals surface area contributed by atoms with Crippen LogP contribution in [0.15, 0.2) is 55.1 Å². The van der Waals surface area contributed by atoms with Crippen molar-refractivity contribution in [2.45, 2.75) is 6.92 Å². The predicted octanol–water partition coefficient (Wildman–Crippen LogP) is 4.82. The standard InChI is InChI=1S/C22H16FN5O2/c1-12-5-6-24-22(28-12)30-13-3-4-14(20(7-13)29-2)15-8-16-18(9-17(15)23)25-10-19-21(16)27-11-26-19/h3-11H,1-2H3,(H,26,27). The van der Waals surface area contributed by atoms with E-state index in [2.05, 4.69) is 24.9 Å². The van der Waals surface area contributed by atoms with Crippen molar-refractivity contribution in [3.05, 3.63) is 66.6 Å². The van der Waals surface area contributed by atoms with Crippen LogP contribution in [0.25, 0.3) is 33.1 Å². The number of benzene rings is 2. The van der Waals surface area contributed by atoms with Crippen LogP contribution in [0, 0.1) is 12.7 Å². The lowest BCUT2D eigenvalue weighted by Gasteiger charge is -2.13. The van der Waals surface area contributed by atoms with Crippen molar-refractivity contribution in [3.63, 3.8) is 0 Å². The van der Waals surface area contributed by atoms with E-state index in [1.54, 1.807) is 49.1 Å². The molecule has 0 aliphatic carbocycles. The Labute approximate surface area is 170 Å². The first kappa shape index (κ1) is 18.0. The Bertz CT molecular complexity index is 1400. The Morgan fingerprint density at radius 1 is 1.00 bits per heavy atom. The molecule has 0 spiro atoms. The van der Waals surface area contributed by atoms with Crippen molar-refractivity contribution in [2.24, 2.45) is 0 Å². The van der Waals surface area contributed by atoms with Crippen LogP contribution >= 0.6 is 0 Å². The highest BCUT2D eigenvalue weighted by atomic mass is 19.1. The van der Waals surface area contributed by atoms with Crippen LogP contribution in [0.2, 0.25) is 0 Å². The zero-order chi connectivity index (χ0) is 20.7. The molecule has 0 unspecified atom stereocenters. The van der Waals surface area contributed by atoms with Gasteiger partial charge in [0.25, 0.3) is 0 Å². The van der Waals surface area contributed by atoms with Crippen LogP contribution in [0.1, 0.15) is 5.69 Å². The quantitative estimate of drug-likeness (QED) is 0.465. The fraction of sp³-hybridized carbons (Fsp3) is 0.0909. The summed E-state index contributed by atoms with van der Waals surface area (Å²) in [6.07, 6.45) is 4.86. The second kappa shape index (κ2) is 7.07. The summed E-state index contributed by atoms with van der Waals surface area (Å²) in [5.74, 6) is 0.540. The number of nitrogens with one attached hydrogen (secondary N) is 1. The van der Waals surface area contributed by atoms with E-state index in [9.17, 15) is 4.39 Å². The zero-order valence-corrected chi connectivity index (χ0v) is 16.2. The smallest absolute Gasteiger partial charge is 0.322 e. The summed E-state index contributed by atoms with van der Waals surface area (Å²) in [6.45, 7) is 1.85. The van der Waals surface area contributed by atoms with Gasteiger partial charge in [-0.25, -0.2) is 19.3 Å². The number of nitrogens with zero attached hydrogens (tertiary/aromatic N) is 4. The molecule has 2 aromatic carbocycles. The second-order valence-corrected chi connectivity index (χ2v) is 6.72. The number of hydrogen-bond donors (Lipinski definition) is 1. The largest absolute Gasteiger partial charge is 0.496 e. The number of aromatic nitrogens is 5. The lowest BCUT2D eigenvalue weighted by molar-refractivity contribution is 0.405. The molecule has 0 bridgehead atoms. The van der Waals surface area contributed by atoms with E-state index < -0.39 is 5.82 Å². The number of pyridine rings is 1. The molecule has 3 heterocycles. The van der Waals surface area contributed by atoms with Gasteiger partial charge in [0.2, 0.25) is 0 Å². The maximum Gasteiger partial charge on any atom is 0.322 e. The Morgan fingerprint density at radius 3 is 2.73 bits per heavy atom. The third kappa shape index (κ3) is 3.08. The molecule has 1 N–H and O–H groups in total. The molecule has 0 aliphatic heterocycles. The van der Waals surface area contributed by atoms with Crippen molar-refractivity contribution in [3.8, 4) is 28.6 Å². The molecule has 5 rings (SSSR count). The Morgan fingerprint density at radius 2 is 1.90 bits per heavy atom. The molecule has 148 valence electrons. The topological polar surface area (TPSA) is 85.8 Å². The third-order valence-electron chi connectivity index (χ3n) is 4.79. The van der Waals surface area contributed by atoms with Gasteiger partial charge in [0.05, 0.1) is 36.2 Å². The van der Waals surface area contributed by atoms with Gasteiger partial charge in [-0.05, 0) is 31.2 Å². The van der Waals surface area contributed by atoms with Gasteiger partial charge in [-0.1, -0.05) is 0 Å². The summed E-state index contributed by atoms with van der Waals surface area (Å²) < 4.78 is 26.2. The van der Waals surface area contributed by atoms with Crippen LogP contribution in [-0.2, 0) is 0 Å². The minimum Gasteiger partial charge on any atom is -0.496 e. The van der Waals surface area contributed by atoms with Crippen LogP contribution in [-0.4, -0.2) is 32.0 Å². The SMILES string of the molecule is COc1cc(Oc2nccc(C)n2)ccc1-c1cc2c(cc1F)ncc1[nH]cnc12. The number of aryl methyl sites for hydroxylation is 1. The van der Waals surface area contributed by atoms with Crippen LogP contribution < -0.4 is 9.47 Å². The van der Waals surface area contributed by atoms with Gasteiger partial charge in [0.15, 0.2) is 0 Å². The van der Waals surface area contributed by atoms with Crippen molar-refractivity contribution in [1.82, 2.24) is 24.9 Å². The van der Waals surface area contributed by atoms with Gasteiger partial charge in [-0.2, -0.15) is 0 Å². The number of rotatable bonds is 4. The van der Waals surface area contributed by atoms with E-state index in [1.165, 1.54) is 13.2 Å². The molecule has 0 amide bonds. The van der Waals surface area contributed by atoms with E-state index in [1.807, 2.05) is 6.92 Å². The van der Waals surface area contributed by atoms with Crippen molar-refractivity contribution in [2.75, 3.05) is 7.11 Å². The van der Waals surface area contributed by atoms with E-state index in [4.69, 9.17) is 9.47 Å². The molecular formula is C22H16FN5O2. The number of aromatic amines is 1. The third-order valence-corrected chi connectivity index (χ3v) is 4.79. The lowest BCUT2D eigenvalue weighted by atomic mass is 10.0. The lowest BCUT2D eigenvalue weighted by Crippen LogP contribution is -1.95. The maximum absolute atomic E-state index is 15.0. The summed E-state index contributed by atoms with van der Waals surface area (Å²) in [5, 5.41) is 0.751. The number of H-pyrrole nitrogens is 1. The fourth-order valence-electron chi connectivity index (χ4n) is 3.36. The first-order valence-electron chi connectivity index (χ1n) is 9.19. The Balaban J connectivity index is 1.61. The second-order valence-electron chi connectivity index (χ2n) is 6.72. The minimum absolute atomic E-state index is 0.230. The predicted molar refractivity (Wildman–Crippen MR) is 110 cm³/mol. The number of imidazole rings is 1. The van der Waals surface area contributed by atoms with Crippen molar-refractivity contribution >= 4 is 21.9 Å². The van der Waals surface area contributed by atoms with Crippen LogP contribution in [0.3, 0.4) is 0 Å². The molecule has 0 saturated carbocycles. The number of hydrogen-bond acceptors (Lipinski definition) is 6. The number of halogens is 1. The first-order chi connectivity index (χ1) is 14.6. The molecule has 7 nitrogen and oxygen atoms in total. The molecule has 0 aliphatic rings.